The third-order valence-electron chi connectivity index (χ3n) is 8.94. The van der Waals surface area contributed by atoms with Gasteiger partial charge in [0.1, 0.15) is 0 Å². The van der Waals surface area contributed by atoms with Gasteiger partial charge < -0.3 is 31.9 Å². The molecule has 2 aliphatic heterocycles. The summed E-state index contributed by atoms with van der Waals surface area (Å²) in [6.45, 7) is 29.1. The van der Waals surface area contributed by atoms with Crippen LogP contribution < -0.4 is 31.9 Å². The monoisotopic (exact) mass is 559 g/mol. The Kier molecular flexibility index (Phi) is 16.6. The Labute approximate surface area is 246 Å². The van der Waals surface area contributed by atoms with E-state index in [1.807, 2.05) is 0 Å². The average Bonchev–Trinajstić information content (AvgIpc) is 2.95. The number of nitrogens with zero attached hydrogens (tertiary/aromatic N) is 2. The molecular weight excluding hydrogens is 496 g/mol. The van der Waals surface area contributed by atoms with Gasteiger partial charge in [0.2, 0.25) is 0 Å². The van der Waals surface area contributed by atoms with Crippen molar-refractivity contribution in [1.29, 1.82) is 0 Å². The Morgan fingerprint density at radius 3 is 1.02 bits per heavy atom. The second-order valence-corrected chi connectivity index (χ2v) is 11.9. The lowest BCUT2D eigenvalue weighted by molar-refractivity contribution is 0.256. The number of nitrogens with one attached hydrogen (secondary N) is 6. The number of benzene rings is 1. The van der Waals surface area contributed by atoms with E-state index in [0.717, 1.165) is 118 Å². The van der Waals surface area contributed by atoms with E-state index < -0.39 is 0 Å². The van der Waals surface area contributed by atoms with Crippen LogP contribution in [0.3, 0.4) is 0 Å². The van der Waals surface area contributed by atoms with Crippen LogP contribution in [0.5, 0.6) is 0 Å². The first kappa shape index (κ1) is 33.4. The van der Waals surface area contributed by atoms with Crippen molar-refractivity contribution in [3.8, 4) is 0 Å². The van der Waals surface area contributed by atoms with Gasteiger partial charge in [-0.3, -0.25) is 9.80 Å². The lowest BCUT2D eigenvalue weighted by atomic mass is 9.88. The maximum absolute atomic E-state index is 3.68. The van der Waals surface area contributed by atoms with Crippen LogP contribution in [0.1, 0.15) is 59.1 Å². The molecular formula is C32H62N8. The highest BCUT2D eigenvalue weighted by molar-refractivity contribution is 5.50. The highest BCUT2D eigenvalue weighted by Crippen LogP contribution is 2.29. The first-order valence-electron chi connectivity index (χ1n) is 16.3. The van der Waals surface area contributed by atoms with E-state index in [1.165, 1.54) is 47.9 Å². The Morgan fingerprint density at radius 2 is 0.675 bits per heavy atom. The molecule has 0 saturated carbocycles. The molecule has 1 aromatic carbocycles. The summed E-state index contributed by atoms with van der Waals surface area (Å²) >= 11 is 0. The van der Waals surface area contributed by atoms with Crippen LogP contribution in [0.25, 0.3) is 0 Å². The quantitative estimate of drug-likeness (QED) is 0.333. The summed E-state index contributed by atoms with van der Waals surface area (Å²) in [6, 6.07) is 0. The van der Waals surface area contributed by atoms with Crippen LogP contribution >= 0.6 is 0 Å². The van der Waals surface area contributed by atoms with Crippen molar-refractivity contribution in [1.82, 2.24) is 41.7 Å². The van der Waals surface area contributed by atoms with Crippen molar-refractivity contribution in [2.45, 2.75) is 66.5 Å². The van der Waals surface area contributed by atoms with E-state index in [1.54, 1.807) is 11.1 Å². The van der Waals surface area contributed by atoms with Crippen molar-refractivity contribution in [2.24, 2.45) is 0 Å². The van der Waals surface area contributed by atoms with Gasteiger partial charge >= 0.3 is 0 Å². The predicted molar refractivity (Wildman–Crippen MR) is 172 cm³/mol. The highest BCUT2D eigenvalue weighted by Gasteiger charge is 2.19. The van der Waals surface area contributed by atoms with Gasteiger partial charge in [0.25, 0.3) is 0 Å². The van der Waals surface area contributed by atoms with Crippen molar-refractivity contribution < 1.29 is 0 Å². The molecule has 0 unspecified atom stereocenters. The maximum atomic E-state index is 3.68. The van der Waals surface area contributed by atoms with Crippen LogP contribution in [0.4, 0.5) is 0 Å². The average molecular weight is 559 g/mol. The summed E-state index contributed by atoms with van der Waals surface area (Å²) in [5.74, 6) is 0. The first-order chi connectivity index (χ1) is 19.6. The summed E-state index contributed by atoms with van der Waals surface area (Å²) in [5.41, 5.74) is 9.12. The van der Waals surface area contributed by atoms with E-state index in [2.05, 4.69) is 69.4 Å². The normalized spacial score (nSPS) is 21.9. The molecule has 2 aliphatic rings. The Morgan fingerprint density at radius 1 is 0.375 bits per heavy atom. The van der Waals surface area contributed by atoms with Gasteiger partial charge in [-0.05, 0) is 139 Å². The SMILES string of the molecule is Cc1c(C)c(CN2CCCNCCNCCCNCC2)c(C)c(C)c1CN1CCCNCCNCCCNCC1. The molecule has 40 heavy (non-hydrogen) atoms. The van der Waals surface area contributed by atoms with Crippen LogP contribution in [-0.4, -0.2) is 115 Å². The molecule has 0 aliphatic carbocycles. The lowest BCUT2D eigenvalue weighted by Crippen LogP contribution is -2.37. The third kappa shape index (κ3) is 12.0. The molecule has 8 nitrogen and oxygen atoms in total. The molecule has 0 spiro atoms. The second kappa shape index (κ2) is 19.9. The van der Waals surface area contributed by atoms with E-state index in [0.29, 0.717) is 0 Å². The zero-order chi connectivity index (χ0) is 28.4. The van der Waals surface area contributed by atoms with E-state index in [4.69, 9.17) is 0 Å². The number of rotatable bonds is 4. The molecule has 8 heteroatoms. The Balaban J connectivity index is 1.67. The molecule has 6 N–H and O–H groups in total. The minimum absolute atomic E-state index is 1.05. The standard InChI is InChI=1S/C32H62N8/c1-27-28(2)32(26-40-22-8-14-36-18-16-34-10-6-12-38-20-24-40)30(4)29(3)31(27)25-39-21-7-13-35-17-15-33-9-5-11-37-19-23-39/h33-38H,5-26H2,1-4H3. The minimum atomic E-state index is 1.05. The molecule has 0 atom stereocenters. The maximum Gasteiger partial charge on any atom is 0.0239 e. The van der Waals surface area contributed by atoms with Crippen LogP contribution in [0.15, 0.2) is 0 Å². The summed E-state index contributed by atoms with van der Waals surface area (Å²) in [7, 11) is 0. The molecule has 230 valence electrons. The zero-order valence-corrected chi connectivity index (χ0v) is 26.5. The van der Waals surface area contributed by atoms with Crippen LogP contribution in [0, 0.1) is 27.7 Å². The summed E-state index contributed by atoms with van der Waals surface area (Å²) < 4.78 is 0. The van der Waals surface area contributed by atoms with Gasteiger partial charge in [0.05, 0.1) is 0 Å². The largest absolute Gasteiger partial charge is 0.315 e. The smallest absolute Gasteiger partial charge is 0.0239 e. The molecule has 2 saturated heterocycles. The van der Waals surface area contributed by atoms with Gasteiger partial charge in [-0.15, -0.1) is 0 Å². The Bertz CT molecular complexity index is 706. The predicted octanol–water partition coefficient (Wildman–Crippen LogP) is 1.65. The fourth-order valence-electron chi connectivity index (χ4n) is 6.04. The van der Waals surface area contributed by atoms with E-state index >= 15 is 0 Å². The molecule has 0 amide bonds. The fourth-order valence-corrected chi connectivity index (χ4v) is 6.04. The molecule has 0 radical (unpaired) electrons. The van der Waals surface area contributed by atoms with Crippen LogP contribution in [-0.2, 0) is 13.1 Å². The van der Waals surface area contributed by atoms with Crippen molar-refractivity contribution in [3.05, 3.63) is 33.4 Å². The fraction of sp³-hybridized carbons (Fsp3) is 0.812. The minimum Gasteiger partial charge on any atom is -0.315 e. The van der Waals surface area contributed by atoms with E-state index in [-0.39, 0.29) is 0 Å². The second-order valence-electron chi connectivity index (χ2n) is 11.9. The molecule has 0 aromatic heterocycles. The lowest BCUT2D eigenvalue weighted by Gasteiger charge is -2.30. The van der Waals surface area contributed by atoms with Gasteiger partial charge in [-0.1, -0.05) is 0 Å². The molecule has 3 rings (SSSR count). The van der Waals surface area contributed by atoms with Gasteiger partial charge in [-0.2, -0.15) is 0 Å². The molecule has 1 aromatic rings. The van der Waals surface area contributed by atoms with Gasteiger partial charge in [-0.25, -0.2) is 0 Å². The topological polar surface area (TPSA) is 78.7 Å². The molecule has 2 fully saturated rings. The Hall–Kier alpha value is -1.10. The summed E-state index contributed by atoms with van der Waals surface area (Å²) in [6.07, 6.45) is 4.78. The van der Waals surface area contributed by atoms with Gasteiger partial charge in [0.15, 0.2) is 0 Å². The van der Waals surface area contributed by atoms with Crippen molar-refractivity contribution >= 4 is 0 Å². The van der Waals surface area contributed by atoms with Crippen molar-refractivity contribution in [3.63, 3.8) is 0 Å². The summed E-state index contributed by atoms with van der Waals surface area (Å²) in [5, 5.41) is 21.7. The first-order valence-corrected chi connectivity index (χ1v) is 16.3. The van der Waals surface area contributed by atoms with E-state index in [9.17, 15) is 0 Å². The number of hydrogen-bond acceptors (Lipinski definition) is 8. The zero-order valence-electron chi connectivity index (χ0n) is 26.5. The molecule has 2 heterocycles. The highest BCUT2D eigenvalue weighted by atomic mass is 15.1. The summed E-state index contributed by atoms with van der Waals surface area (Å²) in [4.78, 5) is 5.36. The van der Waals surface area contributed by atoms with Crippen LogP contribution in [0.2, 0.25) is 0 Å². The van der Waals surface area contributed by atoms with Gasteiger partial charge in [0, 0.05) is 65.4 Å². The third-order valence-corrected chi connectivity index (χ3v) is 8.94. The molecule has 0 bridgehead atoms. The number of hydrogen-bond donors (Lipinski definition) is 6. The van der Waals surface area contributed by atoms with Crippen molar-refractivity contribution in [2.75, 3.05) is 105 Å².